The van der Waals surface area contributed by atoms with Crippen LogP contribution in [0.2, 0.25) is 0 Å². The van der Waals surface area contributed by atoms with Crippen molar-refractivity contribution in [3.05, 3.63) is 0 Å². The highest BCUT2D eigenvalue weighted by molar-refractivity contribution is 8.00. The van der Waals surface area contributed by atoms with Crippen LogP contribution in [0.5, 0.6) is 0 Å². The second-order valence-electron chi connectivity index (χ2n) is 6.35. The van der Waals surface area contributed by atoms with Gasteiger partial charge in [0.2, 0.25) is 0 Å². The molecular weight excluding hydrogens is 252 g/mol. The zero-order valence-corrected chi connectivity index (χ0v) is 14.6. The molecule has 2 atom stereocenters. The Morgan fingerprint density at radius 2 is 1.89 bits per heavy atom. The molecular formula is C16H34N2S. The molecule has 0 aromatic heterocycles. The number of nitrogens with zero attached hydrogens (tertiary/aromatic N) is 1. The van der Waals surface area contributed by atoms with Crippen LogP contribution in [-0.2, 0) is 0 Å². The van der Waals surface area contributed by atoms with Gasteiger partial charge in [0, 0.05) is 36.5 Å². The summed E-state index contributed by atoms with van der Waals surface area (Å²) in [6, 6.07) is 1.38. The van der Waals surface area contributed by atoms with Crippen molar-refractivity contribution in [2.24, 2.45) is 5.92 Å². The number of rotatable bonds is 7. The predicted octanol–water partition coefficient (Wildman–Crippen LogP) is 3.62. The fraction of sp³-hybridized carbons (Fsp3) is 1.00. The Bertz CT molecular complexity index is 243. The largest absolute Gasteiger partial charge is 0.311 e. The zero-order valence-electron chi connectivity index (χ0n) is 13.8. The highest BCUT2D eigenvalue weighted by atomic mass is 32.2. The van der Waals surface area contributed by atoms with Crippen LogP contribution >= 0.6 is 11.8 Å². The molecule has 0 aliphatic carbocycles. The second kappa shape index (κ2) is 7.90. The summed E-state index contributed by atoms with van der Waals surface area (Å²) in [6.45, 7) is 15.4. The molecule has 19 heavy (non-hydrogen) atoms. The lowest BCUT2D eigenvalue weighted by Gasteiger charge is -2.46. The minimum absolute atomic E-state index is 0.447. The molecule has 1 fully saturated rings. The molecule has 1 saturated heterocycles. The smallest absolute Gasteiger partial charge is 0.0279 e. The van der Waals surface area contributed by atoms with Gasteiger partial charge in [0.1, 0.15) is 0 Å². The topological polar surface area (TPSA) is 15.3 Å². The Morgan fingerprint density at radius 3 is 2.32 bits per heavy atom. The van der Waals surface area contributed by atoms with Crippen LogP contribution in [0.25, 0.3) is 0 Å². The molecule has 3 heteroatoms. The van der Waals surface area contributed by atoms with Gasteiger partial charge in [0.25, 0.3) is 0 Å². The van der Waals surface area contributed by atoms with Crippen molar-refractivity contribution >= 4 is 11.8 Å². The van der Waals surface area contributed by atoms with E-state index in [1.165, 1.54) is 32.4 Å². The molecule has 0 aromatic carbocycles. The highest BCUT2D eigenvalue weighted by Gasteiger charge is 2.35. The van der Waals surface area contributed by atoms with E-state index in [1.54, 1.807) is 0 Å². The molecule has 1 aliphatic heterocycles. The van der Waals surface area contributed by atoms with E-state index in [0.717, 1.165) is 12.5 Å². The standard InChI is InChI=1S/C16H34N2S/c1-7-14-11-18(15(10-17-14)13(4)5)12-16(8-2,9-3)19-6/h13-15,17H,7-12H2,1-6H3. The maximum Gasteiger partial charge on any atom is 0.0279 e. The van der Waals surface area contributed by atoms with E-state index < -0.39 is 0 Å². The summed E-state index contributed by atoms with van der Waals surface area (Å²) in [6.07, 6.45) is 6.08. The Hall–Kier alpha value is 0.270. The molecule has 114 valence electrons. The molecule has 1 N–H and O–H groups in total. The van der Waals surface area contributed by atoms with Crippen molar-refractivity contribution < 1.29 is 0 Å². The summed E-state index contributed by atoms with van der Waals surface area (Å²) in [5.41, 5.74) is 0. The lowest BCUT2D eigenvalue weighted by molar-refractivity contribution is 0.0850. The summed E-state index contributed by atoms with van der Waals surface area (Å²) in [5, 5.41) is 3.72. The van der Waals surface area contributed by atoms with E-state index in [9.17, 15) is 0 Å². The summed E-state index contributed by atoms with van der Waals surface area (Å²) in [7, 11) is 0. The Kier molecular flexibility index (Phi) is 7.20. The van der Waals surface area contributed by atoms with Gasteiger partial charge in [0.15, 0.2) is 0 Å². The van der Waals surface area contributed by atoms with Gasteiger partial charge < -0.3 is 5.32 Å². The van der Waals surface area contributed by atoms with E-state index in [1.807, 2.05) is 0 Å². The molecule has 1 aliphatic rings. The van der Waals surface area contributed by atoms with Gasteiger partial charge in [-0.25, -0.2) is 0 Å². The third-order valence-corrected chi connectivity index (χ3v) is 6.59. The van der Waals surface area contributed by atoms with Gasteiger partial charge in [0.05, 0.1) is 0 Å². The van der Waals surface area contributed by atoms with Gasteiger partial charge in [-0.1, -0.05) is 34.6 Å². The van der Waals surface area contributed by atoms with E-state index in [0.29, 0.717) is 16.8 Å². The third-order valence-electron chi connectivity index (χ3n) is 5.01. The van der Waals surface area contributed by atoms with Crippen molar-refractivity contribution in [3.8, 4) is 0 Å². The van der Waals surface area contributed by atoms with E-state index in [2.05, 4.69) is 62.9 Å². The van der Waals surface area contributed by atoms with E-state index in [4.69, 9.17) is 0 Å². The maximum atomic E-state index is 3.72. The van der Waals surface area contributed by atoms with Crippen molar-refractivity contribution in [1.82, 2.24) is 10.2 Å². The fourth-order valence-corrected chi connectivity index (χ4v) is 4.08. The quantitative estimate of drug-likeness (QED) is 0.769. The van der Waals surface area contributed by atoms with Gasteiger partial charge >= 0.3 is 0 Å². The van der Waals surface area contributed by atoms with E-state index in [-0.39, 0.29) is 0 Å². The molecule has 0 amide bonds. The van der Waals surface area contributed by atoms with Crippen LogP contribution in [0, 0.1) is 5.92 Å². The van der Waals surface area contributed by atoms with E-state index >= 15 is 0 Å². The summed E-state index contributed by atoms with van der Waals surface area (Å²) in [5.74, 6) is 0.735. The molecule has 0 bridgehead atoms. The second-order valence-corrected chi connectivity index (χ2v) is 7.62. The number of nitrogens with one attached hydrogen (secondary N) is 1. The third kappa shape index (κ3) is 4.37. The maximum absolute atomic E-state index is 3.72. The van der Waals surface area contributed by atoms with Crippen LogP contribution in [-0.4, -0.2) is 47.6 Å². The monoisotopic (exact) mass is 286 g/mol. The SMILES string of the molecule is CCC1CN(CC(CC)(CC)SC)C(C(C)C)CN1. The number of piperazine rings is 1. The van der Waals surface area contributed by atoms with Crippen LogP contribution in [0.3, 0.4) is 0 Å². The molecule has 1 heterocycles. The average Bonchev–Trinajstić information content (AvgIpc) is 2.44. The summed E-state index contributed by atoms with van der Waals surface area (Å²) < 4.78 is 0.447. The minimum Gasteiger partial charge on any atom is -0.311 e. The molecule has 1 rings (SSSR count). The molecule has 2 nitrogen and oxygen atoms in total. The van der Waals surface area contributed by atoms with Crippen LogP contribution < -0.4 is 5.32 Å². The fourth-order valence-electron chi connectivity index (χ4n) is 3.21. The molecule has 0 saturated carbocycles. The lowest BCUT2D eigenvalue weighted by atomic mass is 9.94. The number of hydrogen-bond acceptors (Lipinski definition) is 3. The van der Waals surface area contributed by atoms with Crippen molar-refractivity contribution in [3.63, 3.8) is 0 Å². The number of thioether (sulfide) groups is 1. The first-order chi connectivity index (χ1) is 9.01. The van der Waals surface area contributed by atoms with Crippen LogP contribution in [0.4, 0.5) is 0 Å². The first-order valence-corrected chi connectivity index (χ1v) is 9.26. The molecule has 0 radical (unpaired) electrons. The Morgan fingerprint density at radius 1 is 1.26 bits per heavy atom. The zero-order chi connectivity index (χ0) is 14.5. The average molecular weight is 287 g/mol. The molecule has 0 spiro atoms. The lowest BCUT2D eigenvalue weighted by Crippen LogP contribution is -2.60. The van der Waals surface area contributed by atoms with Crippen LogP contribution in [0.1, 0.15) is 53.9 Å². The normalized spacial score (nSPS) is 26.1. The first kappa shape index (κ1) is 17.3. The van der Waals surface area contributed by atoms with Crippen molar-refractivity contribution in [2.45, 2.75) is 70.7 Å². The predicted molar refractivity (Wildman–Crippen MR) is 89.1 cm³/mol. The highest BCUT2D eigenvalue weighted by Crippen LogP contribution is 2.33. The Balaban J connectivity index is 2.78. The van der Waals surface area contributed by atoms with Crippen molar-refractivity contribution in [2.75, 3.05) is 25.9 Å². The molecule has 2 unspecified atom stereocenters. The Labute approximate surface area is 125 Å². The summed E-state index contributed by atoms with van der Waals surface area (Å²) >= 11 is 2.07. The first-order valence-electron chi connectivity index (χ1n) is 8.04. The van der Waals surface area contributed by atoms with Crippen LogP contribution in [0.15, 0.2) is 0 Å². The van der Waals surface area contributed by atoms with Gasteiger partial charge in [-0.15, -0.1) is 0 Å². The summed E-state index contributed by atoms with van der Waals surface area (Å²) in [4.78, 5) is 2.78. The number of hydrogen-bond donors (Lipinski definition) is 1. The van der Waals surface area contributed by atoms with Gasteiger partial charge in [-0.05, 0) is 31.4 Å². The van der Waals surface area contributed by atoms with Crippen molar-refractivity contribution in [1.29, 1.82) is 0 Å². The van der Waals surface area contributed by atoms with Gasteiger partial charge in [-0.2, -0.15) is 11.8 Å². The van der Waals surface area contributed by atoms with Gasteiger partial charge in [-0.3, -0.25) is 4.90 Å². The molecule has 0 aromatic rings. The minimum atomic E-state index is 0.447.